The van der Waals surface area contributed by atoms with Crippen molar-refractivity contribution in [1.29, 1.82) is 0 Å². The number of anilines is 1. The predicted molar refractivity (Wildman–Crippen MR) is 63.4 cm³/mol. The van der Waals surface area contributed by atoms with Crippen molar-refractivity contribution < 1.29 is 0 Å². The normalized spacial score (nSPS) is 10.9. The minimum absolute atomic E-state index is 0.0699. The molecular formula is C8H6Cl2N4O2. The number of nitrogens with two attached hydrogens (primary N) is 2. The lowest BCUT2D eigenvalue weighted by molar-refractivity contribution is 0.943. The van der Waals surface area contributed by atoms with E-state index < -0.39 is 11.1 Å². The summed E-state index contributed by atoms with van der Waals surface area (Å²) in [5.74, 6) is 5.43. The van der Waals surface area contributed by atoms with Gasteiger partial charge in [0.2, 0.25) is 0 Å². The molecule has 0 fully saturated rings. The van der Waals surface area contributed by atoms with Gasteiger partial charge >= 0.3 is 11.1 Å². The number of nitrogen functional groups attached to an aromatic ring is 2. The number of fused-ring (bicyclic) bond motifs is 1. The first-order valence-corrected chi connectivity index (χ1v) is 4.86. The predicted octanol–water partition coefficient (Wildman–Crippen LogP) is 0.293. The molecule has 0 spiro atoms. The zero-order valence-electron chi connectivity index (χ0n) is 7.75. The van der Waals surface area contributed by atoms with E-state index >= 15 is 0 Å². The topological polar surface area (TPSA) is 107 Å². The van der Waals surface area contributed by atoms with Crippen molar-refractivity contribution in [2.24, 2.45) is 0 Å². The molecule has 2 aromatic rings. The van der Waals surface area contributed by atoms with Crippen LogP contribution in [0.15, 0.2) is 15.7 Å². The molecule has 0 atom stereocenters. The number of halogens is 2. The third-order valence-corrected chi connectivity index (χ3v) is 2.95. The van der Waals surface area contributed by atoms with Gasteiger partial charge < -0.3 is 16.6 Å². The Labute approximate surface area is 98.3 Å². The number of aromatic amines is 1. The fraction of sp³-hybridized carbons (Fsp3) is 0. The van der Waals surface area contributed by atoms with E-state index in [1.807, 2.05) is 0 Å². The average molecular weight is 261 g/mol. The van der Waals surface area contributed by atoms with Crippen molar-refractivity contribution in [3.8, 4) is 0 Å². The van der Waals surface area contributed by atoms with Crippen LogP contribution >= 0.6 is 23.2 Å². The summed E-state index contributed by atoms with van der Waals surface area (Å²) in [4.78, 5) is 24.8. The second-order valence-electron chi connectivity index (χ2n) is 3.11. The molecule has 0 unspecified atom stereocenters. The van der Waals surface area contributed by atoms with Gasteiger partial charge in [-0.15, -0.1) is 0 Å². The maximum atomic E-state index is 11.3. The Kier molecular flexibility index (Phi) is 2.32. The Morgan fingerprint density at radius 2 is 1.94 bits per heavy atom. The molecule has 0 saturated heterocycles. The summed E-state index contributed by atoms with van der Waals surface area (Å²) in [6.45, 7) is 0. The van der Waals surface area contributed by atoms with Crippen LogP contribution in [0.2, 0.25) is 10.0 Å². The molecular weight excluding hydrogens is 255 g/mol. The molecule has 0 bridgehead atoms. The van der Waals surface area contributed by atoms with Crippen LogP contribution in [0.25, 0.3) is 11.0 Å². The van der Waals surface area contributed by atoms with Gasteiger partial charge in [0.25, 0.3) is 0 Å². The third kappa shape index (κ3) is 1.35. The van der Waals surface area contributed by atoms with E-state index in [0.29, 0.717) is 4.68 Å². The summed E-state index contributed by atoms with van der Waals surface area (Å²) in [5.41, 5.74) is 4.33. The van der Waals surface area contributed by atoms with Gasteiger partial charge in [0.15, 0.2) is 0 Å². The van der Waals surface area contributed by atoms with Crippen molar-refractivity contribution in [3.05, 3.63) is 36.8 Å². The fourth-order valence-electron chi connectivity index (χ4n) is 1.34. The lowest BCUT2D eigenvalue weighted by Gasteiger charge is -2.08. The summed E-state index contributed by atoms with van der Waals surface area (Å²) in [7, 11) is 0. The van der Waals surface area contributed by atoms with E-state index in [2.05, 4.69) is 4.98 Å². The molecule has 8 heteroatoms. The van der Waals surface area contributed by atoms with Crippen molar-refractivity contribution in [3.63, 3.8) is 0 Å². The number of hydrogen-bond acceptors (Lipinski definition) is 4. The molecule has 6 nitrogen and oxygen atoms in total. The number of rotatable bonds is 0. The summed E-state index contributed by atoms with van der Waals surface area (Å²) in [6, 6.07) is 1.35. The van der Waals surface area contributed by atoms with Crippen LogP contribution in [0.4, 0.5) is 5.69 Å². The van der Waals surface area contributed by atoms with Crippen LogP contribution in [-0.2, 0) is 0 Å². The van der Waals surface area contributed by atoms with Crippen LogP contribution in [0.5, 0.6) is 0 Å². The number of nitrogens with zero attached hydrogens (tertiary/aromatic N) is 1. The second kappa shape index (κ2) is 3.43. The van der Waals surface area contributed by atoms with Crippen LogP contribution in [-0.4, -0.2) is 9.66 Å². The molecule has 0 amide bonds. The highest BCUT2D eigenvalue weighted by molar-refractivity contribution is 6.44. The molecule has 0 radical (unpaired) electrons. The van der Waals surface area contributed by atoms with E-state index in [4.69, 9.17) is 34.8 Å². The van der Waals surface area contributed by atoms with Crippen molar-refractivity contribution in [2.45, 2.75) is 0 Å². The molecule has 0 aliphatic heterocycles. The number of hydrogen-bond donors (Lipinski definition) is 3. The Hall–Kier alpha value is -1.66. The SMILES string of the molecule is Nc1c(Cl)c(Cl)cc2c1[nH]c(=O)c(=O)n2N. The lowest BCUT2D eigenvalue weighted by atomic mass is 10.2. The first-order valence-electron chi connectivity index (χ1n) is 4.11. The first kappa shape index (κ1) is 10.8. The monoisotopic (exact) mass is 260 g/mol. The van der Waals surface area contributed by atoms with E-state index in [-0.39, 0.29) is 26.8 Å². The highest BCUT2D eigenvalue weighted by Crippen LogP contribution is 2.32. The average Bonchev–Trinajstić information content (AvgIpc) is 2.25. The van der Waals surface area contributed by atoms with Gasteiger partial charge in [-0.05, 0) is 6.07 Å². The molecule has 0 aliphatic rings. The lowest BCUT2D eigenvalue weighted by Crippen LogP contribution is -2.40. The quantitative estimate of drug-likeness (QED) is 0.360. The summed E-state index contributed by atoms with van der Waals surface area (Å²) in [6.07, 6.45) is 0. The first-order chi connectivity index (χ1) is 7.43. The molecule has 0 aliphatic carbocycles. The van der Waals surface area contributed by atoms with Gasteiger partial charge in [-0.1, -0.05) is 23.2 Å². The molecule has 0 saturated carbocycles. The zero-order chi connectivity index (χ0) is 12.0. The Morgan fingerprint density at radius 1 is 1.31 bits per heavy atom. The second-order valence-corrected chi connectivity index (χ2v) is 3.89. The molecule has 84 valence electrons. The summed E-state index contributed by atoms with van der Waals surface area (Å²) in [5, 5.41) is 0.251. The van der Waals surface area contributed by atoms with Crippen molar-refractivity contribution in [2.75, 3.05) is 11.6 Å². The van der Waals surface area contributed by atoms with Crippen LogP contribution in [0, 0.1) is 0 Å². The maximum absolute atomic E-state index is 11.3. The van der Waals surface area contributed by atoms with Gasteiger partial charge in [-0.25, -0.2) is 4.68 Å². The van der Waals surface area contributed by atoms with Crippen LogP contribution in [0.1, 0.15) is 0 Å². The highest BCUT2D eigenvalue weighted by Gasteiger charge is 2.13. The Morgan fingerprint density at radius 3 is 2.56 bits per heavy atom. The Bertz CT molecular complexity index is 704. The van der Waals surface area contributed by atoms with Crippen LogP contribution in [0.3, 0.4) is 0 Å². The third-order valence-electron chi connectivity index (χ3n) is 2.15. The van der Waals surface area contributed by atoms with Gasteiger partial charge in [0, 0.05) is 0 Å². The van der Waals surface area contributed by atoms with E-state index in [1.54, 1.807) is 0 Å². The summed E-state index contributed by atoms with van der Waals surface area (Å²) < 4.78 is 0.673. The number of benzene rings is 1. The van der Waals surface area contributed by atoms with Gasteiger partial charge in [0.1, 0.15) is 0 Å². The molecule has 1 aromatic carbocycles. The molecule has 5 N–H and O–H groups in total. The van der Waals surface area contributed by atoms with Crippen LogP contribution < -0.4 is 22.7 Å². The van der Waals surface area contributed by atoms with Crippen molar-refractivity contribution in [1.82, 2.24) is 9.66 Å². The standard InChI is InChI=1S/C8H6Cl2N4O2/c9-2-1-3-6(5(11)4(2)10)13-7(15)8(16)14(3)12/h1H,11-12H2,(H,13,15). The minimum atomic E-state index is -0.898. The number of H-pyrrole nitrogens is 1. The zero-order valence-corrected chi connectivity index (χ0v) is 9.26. The molecule has 1 aromatic heterocycles. The minimum Gasteiger partial charge on any atom is -0.396 e. The van der Waals surface area contributed by atoms with E-state index in [1.165, 1.54) is 6.07 Å². The maximum Gasteiger partial charge on any atom is 0.334 e. The summed E-state index contributed by atoms with van der Waals surface area (Å²) >= 11 is 11.6. The van der Waals surface area contributed by atoms with E-state index in [0.717, 1.165) is 0 Å². The van der Waals surface area contributed by atoms with Gasteiger partial charge in [0.05, 0.1) is 26.8 Å². The highest BCUT2D eigenvalue weighted by atomic mass is 35.5. The molecule has 1 heterocycles. The smallest absolute Gasteiger partial charge is 0.334 e. The van der Waals surface area contributed by atoms with Crippen molar-refractivity contribution >= 4 is 39.9 Å². The van der Waals surface area contributed by atoms with Gasteiger partial charge in [-0.2, -0.15) is 0 Å². The Balaban J connectivity index is 3.15. The fourth-order valence-corrected chi connectivity index (χ4v) is 1.69. The molecule has 16 heavy (non-hydrogen) atoms. The van der Waals surface area contributed by atoms with Gasteiger partial charge in [-0.3, -0.25) is 9.59 Å². The number of nitrogens with one attached hydrogen (secondary N) is 1. The largest absolute Gasteiger partial charge is 0.396 e. The molecule has 2 rings (SSSR count). The number of aromatic nitrogens is 2. The van der Waals surface area contributed by atoms with E-state index in [9.17, 15) is 9.59 Å².